The molecule has 26 heavy (non-hydrogen) atoms. The third-order valence-electron chi connectivity index (χ3n) is 3.76. The van der Waals surface area contributed by atoms with Gasteiger partial charge in [-0.15, -0.1) is 6.42 Å². The number of allylic oxidation sites excluding steroid dienone is 3. The van der Waals surface area contributed by atoms with Crippen LogP contribution in [0.4, 0.5) is 0 Å². The molecule has 0 bridgehead atoms. The zero-order valence-electron chi connectivity index (χ0n) is 16.5. The van der Waals surface area contributed by atoms with Gasteiger partial charge in [0.25, 0.3) is 0 Å². The molecule has 3 nitrogen and oxygen atoms in total. The van der Waals surface area contributed by atoms with Gasteiger partial charge in [0.05, 0.1) is 5.92 Å². The van der Waals surface area contributed by atoms with Gasteiger partial charge in [0.15, 0.2) is 0 Å². The zero-order chi connectivity index (χ0) is 19.6. The maximum absolute atomic E-state index is 12.4. The number of hydrogen-bond donors (Lipinski definition) is 0. The molecular weight excluding hydrogens is 324 g/mol. The lowest BCUT2D eigenvalue weighted by atomic mass is 9.83. The van der Waals surface area contributed by atoms with E-state index in [1.165, 1.54) is 0 Å². The fourth-order valence-corrected chi connectivity index (χ4v) is 2.60. The quantitative estimate of drug-likeness (QED) is 0.261. The van der Waals surface area contributed by atoms with Gasteiger partial charge in [-0.05, 0) is 49.0 Å². The molecule has 1 unspecified atom stereocenters. The molecule has 0 aliphatic heterocycles. The number of carbonyl (C=O) groups is 1. The Morgan fingerprint density at radius 3 is 2.65 bits per heavy atom. The van der Waals surface area contributed by atoms with Crippen LogP contribution in [0.5, 0.6) is 5.75 Å². The number of hydrogen-bond acceptors (Lipinski definition) is 3. The van der Waals surface area contributed by atoms with Crippen LogP contribution < -0.4 is 4.74 Å². The number of rotatable bonds is 8. The van der Waals surface area contributed by atoms with E-state index in [1.54, 1.807) is 12.2 Å². The molecule has 0 spiro atoms. The summed E-state index contributed by atoms with van der Waals surface area (Å²) in [5.41, 5.74) is 0.974. The van der Waals surface area contributed by atoms with Crippen molar-refractivity contribution >= 4 is 5.97 Å². The number of terminal acetylenes is 1. The van der Waals surface area contributed by atoms with Gasteiger partial charge in [-0.1, -0.05) is 51.8 Å². The first-order chi connectivity index (χ1) is 12.3. The number of carbonyl (C=O) groups excluding carboxylic acids is 1. The third kappa shape index (κ3) is 8.07. The summed E-state index contributed by atoms with van der Waals surface area (Å²) in [7, 11) is 0. The molecule has 0 amide bonds. The van der Waals surface area contributed by atoms with E-state index in [2.05, 4.69) is 26.7 Å². The highest BCUT2D eigenvalue weighted by Gasteiger charge is 2.24. The van der Waals surface area contributed by atoms with Crippen molar-refractivity contribution in [3.05, 3.63) is 53.8 Å². The Labute approximate surface area is 158 Å². The van der Waals surface area contributed by atoms with E-state index >= 15 is 0 Å². The molecular formula is C23H30O3. The lowest BCUT2D eigenvalue weighted by Crippen LogP contribution is -2.22. The van der Waals surface area contributed by atoms with E-state index < -0.39 is 0 Å². The number of esters is 1. The maximum Gasteiger partial charge on any atom is 0.309 e. The second kappa shape index (κ2) is 10.5. The summed E-state index contributed by atoms with van der Waals surface area (Å²) >= 11 is 0. The Kier molecular flexibility index (Phi) is 8.72. The van der Waals surface area contributed by atoms with Crippen LogP contribution in [0.1, 0.15) is 53.0 Å². The average Bonchev–Trinajstić information content (AvgIpc) is 2.57. The number of ether oxygens (including phenoxy) is 2. The van der Waals surface area contributed by atoms with E-state index in [4.69, 9.17) is 15.9 Å². The molecule has 1 aromatic carbocycles. The molecule has 0 aromatic heterocycles. The van der Waals surface area contributed by atoms with Crippen LogP contribution in [-0.4, -0.2) is 5.97 Å². The van der Waals surface area contributed by atoms with Gasteiger partial charge < -0.3 is 9.47 Å². The predicted octanol–water partition coefficient (Wildman–Crippen LogP) is 5.66. The second-order valence-corrected chi connectivity index (χ2v) is 7.44. The summed E-state index contributed by atoms with van der Waals surface area (Å²) in [5.74, 6) is 3.48. The van der Waals surface area contributed by atoms with Crippen LogP contribution in [0.25, 0.3) is 0 Å². The highest BCUT2D eigenvalue weighted by molar-refractivity contribution is 5.72. The topological polar surface area (TPSA) is 35.5 Å². The fourth-order valence-electron chi connectivity index (χ4n) is 2.60. The van der Waals surface area contributed by atoms with Gasteiger partial charge in [-0.3, -0.25) is 4.79 Å². The molecule has 1 aromatic rings. The molecule has 0 saturated heterocycles. The monoisotopic (exact) mass is 354 g/mol. The van der Waals surface area contributed by atoms with Gasteiger partial charge in [0.1, 0.15) is 18.1 Å². The molecule has 1 rings (SSSR count). The van der Waals surface area contributed by atoms with Gasteiger partial charge in [-0.25, -0.2) is 0 Å². The Morgan fingerprint density at radius 1 is 1.35 bits per heavy atom. The van der Waals surface area contributed by atoms with E-state index in [0.717, 1.165) is 18.4 Å². The predicted molar refractivity (Wildman–Crippen MR) is 106 cm³/mol. The van der Waals surface area contributed by atoms with Crippen molar-refractivity contribution in [2.24, 2.45) is 11.3 Å². The number of benzene rings is 1. The maximum atomic E-state index is 12.4. The van der Waals surface area contributed by atoms with Crippen molar-refractivity contribution in [3.63, 3.8) is 0 Å². The Balaban J connectivity index is 2.73. The van der Waals surface area contributed by atoms with E-state index in [1.807, 2.05) is 44.2 Å². The van der Waals surface area contributed by atoms with Gasteiger partial charge in [-0.2, -0.15) is 0 Å². The summed E-state index contributed by atoms with van der Waals surface area (Å²) in [5, 5.41) is 0. The summed E-state index contributed by atoms with van der Waals surface area (Å²) in [6, 6.07) is 7.47. The summed E-state index contributed by atoms with van der Waals surface area (Å²) in [6.45, 7) is 10.5. The first kappa shape index (κ1) is 21.6. The molecule has 0 fully saturated rings. The lowest BCUT2D eigenvalue weighted by Gasteiger charge is -2.23. The molecule has 140 valence electrons. The molecule has 0 aliphatic rings. The Bertz CT molecular complexity index is 684. The zero-order valence-corrected chi connectivity index (χ0v) is 16.5. The average molecular weight is 354 g/mol. The smallest absolute Gasteiger partial charge is 0.309 e. The van der Waals surface area contributed by atoms with Crippen molar-refractivity contribution in [2.45, 2.75) is 54.1 Å². The van der Waals surface area contributed by atoms with Crippen molar-refractivity contribution in [2.75, 3.05) is 0 Å². The summed E-state index contributed by atoms with van der Waals surface area (Å²) in [6.07, 6.45) is 12.1. The summed E-state index contributed by atoms with van der Waals surface area (Å²) < 4.78 is 11.3. The fraction of sp³-hybridized carbons (Fsp3) is 0.435. The SMILES string of the molecule is C#C/C=C(\C=C/C)Oc1cccc(COC(=O)C(CC)CC(C)(C)C)c1. The van der Waals surface area contributed by atoms with Gasteiger partial charge >= 0.3 is 5.97 Å². The minimum Gasteiger partial charge on any atom is -0.461 e. The first-order valence-corrected chi connectivity index (χ1v) is 9.01. The van der Waals surface area contributed by atoms with Crippen molar-refractivity contribution in [1.82, 2.24) is 0 Å². The second-order valence-electron chi connectivity index (χ2n) is 7.44. The highest BCUT2D eigenvalue weighted by Crippen LogP contribution is 2.27. The molecule has 0 saturated carbocycles. The largest absolute Gasteiger partial charge is 0.461 e. The van der Waals surface area contributed by atoms with Crippen LogP contribution in [-0.2, 0) is 16.1 Å². The van der Waals surface area contributed by atoms with Crippen molar-refractivity contribution in [1.29, 1.82) is 0 Å². The molecule has 3 heteroatoms. The normalized spacial score (nSPS) is 13.3. The molecule has 0 heterocycles. The van der Waals surface area contributed by atoms with Crippen molar-refractivity contribution < 1.29 is 14.3 Å². The lowest BCUT2D eigenvalue weighted by molar-refractivity contribution is -0.151. The van der Waals surface area contributed by atoms with E-state index in [0.29, 0.717) is 11.5 Å². The van der Waals surface area contributed by atoms with Crippen LogP contribution in [0, 0.1) is 23.7 Å². The Hall–Kier alpha value is -2.47. The first-order valence-electron chi connectivity index (χ1n) is 9.01. The van der Waals surface area contributed by atoms with Crippen LogP contribution in [0.15, 0.2) is 48.3 Å². The minimum atomic E-state index is -0.143. The van der Waals surface area contributed by atoms with Gasteiger partial charge in [0.2, 0.25) is 0 Å². The van der Waals surface area contributed by atoms with Crippen molar-refractivity contribution in [3.8, 4) is 18.1 Å². The third-order valence-corrected chi connectivity index (χ3v) is 3.76. The van der Waals surface area contributed by atoms with Crippen LogP contribution in [0.2, 0.25) is 0 Å². The molecule has 0 N–H and O–H groups in total. The standard InChI is InChI=1S/C23H30O3/c1-7-11-20(12-8-2)26-21-14-10-13-18(15-21)17-25-22(24)19(9-3)16-23(4,5)6/h1,8,10-15,19H,9,16-17H2,2-6H3/b12-8-,20-11+. The Morgan fingerprint density at radius 2 is 2.08 bits per heavy atom. The van der Waals surface area contributed by atoms with E-state index in [9.17, 15) is 4.79 Å². The highest BCUT2D eigenvalue weighted by atomic mass is 16.5. The van der Waals surface area contributed by atoms with Crippen LogP contribution in [0.3, 0.4) is 0 Å². The molecule has 1 atom stereocenters. The molecule has 0 radical (unpaired) electrons. The molecule has 0 aliphatic carbocycles. The van der Waals surface area contributed by atoms with Crippen LogP contribution >= 0.6 is 0 Å². The van der Waals surface area contributed by atoms with E-state index in [-0.39, 0.29) is 23.9 Å². The van der Waals surface area contributed by atoms with Gasteiger partial charge in [0, 0.05) is 6.08 Å². The summed E-state index contributed by atoms with van der Waals surface area (Å²) in [4.78, 5) is 12.4. The minimum absolute atomic E-state index is 0.0747.